The minimum absolute atomic E-state index is 0.431. The maximum Gasteiger partial charge on any atom is 0.0685 e. The second kappa shape index (κ2) is 7.88. The first kappa shape index (κ1) is 15.7. The van der Waals surface area contributed by atoms with Gasteiger partial charge < -0.3 is 0 Å². The fourth-order valence-corrected chi connectivity index (χ4v) is 1.58. The smallest absolute Gasteiger partial charge is 0.0685 e. The van der Waals surface area contributed by atoms with Crippen LogP contribution in [0.4, 0.5) is 0 Å². The van der Waals surface area contributed by atoms with Gasteiger partial charge in [-0.1, -0.05) is 39.3 Å². The number of fused-ring (bicyclic) bond motifs is 1. The highest BCUT2D eigenvalue weighted by atomic mass is 15.3. The normalized spacial score (nSPS) is 9.41. The molecule has 0 saturated heterocycles. The summed E-state index contributed by atoms with van der Waals surface area (Å²) in [5.41, 5.74) is 2.51. The molecular formula is C15H26N2. The summed E-state index contributed by atoms with van der Waals surface area (Å²) in [6, 6.07) is 6.86. The summed E-state index contributed by atoms with van der Waals surface area (Å²) in [4.78, 5) is 0. The number of rotatable bonds is 1. The van der Waals surface area contributed by atoms with Crippen LogP contribution < -0.4 is 0 Å². The maximum absolute atomic E-state index is 4.35. The van der Waals surface area contributed by atoms with Gasteiger partial charge in [-0.25, -0.2) is 0 Å². The lowest BCUT2D eigenvalue weighted by molar-refractivity contribution is 0.551. The van der Waals surface area contributed by atoms with Crippen molar-refractivity contribution in [3.05, 3.63) is 30.0 Å². The van der Waals surface area contributed by atoms with Gasteiger partial charge in [-0.3, -0.25) is 4.68 Å². The molecule has 0 N–H and O–H groups in total. The van der Waals surface area contributed by atoms with Crippen LogP contribution in [0.2, 0.25) is 0 Å². The lowest BCUT2D eigenvalue weighted by Crippen LogP contribution is -2.01. The second-order valence-electron chi connectivity index (χ2n) is 3.75. The Bertz CT molecular complexity index is 427. The van der Waals surface area contributed by atoms with Crippen molar-refractivity contribution in [2.24, 2.45) is 0 Å². The van der Waals surface area contributed by atoms with Crippen molar-refractivity contribution < 1.29 is 0 Å². The molecule has 96 valence electrons. The summed E-state index contributed by atoms with van der Waals surface area (Å²) >= 11 is 0. The van der Waals surface area contributed by atoms with Crippen LogP contribution >= 0.6 is 0 Å². The summed E-state index contributed by atoms with van der Waals surface area (Å²) in [7, 11) is 0. The Labute approximate surface area is 106 Å². The number of aromatic nitrogens is 2. The highest BCUT2D eigenvalue weighted by Crippen LogP contribution is 2.18. The van der Waals surface area contributed by atoms with Gasteiger partial charge in [0, 0.05) is 11.4 Å². The fraction of sp³-hybridized carbons (Fsp3) is 0.533. The molecule has 0 aliphatic rings. The van der Waals surface area contributed by atoms with E-state index >= 15 is 0 Å². The van der Waals surface area contributed by atoms with Crippen LogP contribution in [0.25, 0.3) is 10.9 Å². The first-order chi connectivity index (χ1) is 8.18. The zero-order chi connectivity index (χ0) is 13.4. The van der Waals surface area contributed by atoms with Crippen molar-refractivity contribution in [2.75, 3.05) is 0 Å². The largest absolute Gasteiger partial charge is 0.262 e. The average Bonchev–Trinajstić information content (AvgIpc) is 2.77. The van der Waals surface area contributed by atoms with Crippen molar-refractivity contribution in [1.29, 1.82) is 0 Å². The molecule has 1 heterocycles. The molecule has 0 bridgehead atoms. The SMILES string of the molecule is CC.CC.Cc1ccc2c(cnn2C(C)C)c1. The molecule has 17 heavy (non-hydrogen) atoms. The quantitative estimate of drug-likeness (QED) is 0.680. The van der Waals surface area contributed by atoms with Crippen molar-refractivity contribution in [3.8, 4) is 0 Å². The Hall–Kier alpha value is -1.31. The van der Waals surface area contributed by atoms with Gasteiger partial charge in [-0.2, -0.15) is 5.10 Å². The molecule has 0 amide bonds. The summed E-state index contributed by atoms with van der Waals surface area (Å²) in [5.74, 6) is 0. The molecule has 0 spiro atoms. The Morgan fingerprint density at radius 3 is 2.18 bits per heavy atom. The number of aryl methyl sites for hydroxylation is 1. The van der Waals surface area contributed by atoms with Crippen molar-refractivity contribution in [2.45, 2.75) is 54.5 Å². The zero-order valence-electron chi connectivity index (χ0n) is 12.3. The van der Waals surface area contributed by atoms with Crippen molar-refractivity contribution >= 4 is 10.9 Å². The molecule has 1 aromatic carbocycles. The van der Waals surface area contributed by atoms with E-state index in [9.17, 15) is 0 Å². The predicted octanol–water partition coefficient (Wildman–Crippen LogP) is 4.98. The third-order valence-electron chi connectivity index (χ3n) is 2.24. The summed E-state index contributed by atoms with van der Waals surface area (Å²) in [5, 5.41) is 5.58. The van der Waals surface area contributed by atoms with Gasteiger partial charge in [0.15, 0.2) is 0 Å². The Kier molecular flexibility index (Phi) is 7.27. The van der Waals surface area contributed by atoms with Crippen LogP contribution in [0.1, 0.15) is 53.1 Å². The van der Waals surface area contributed by atoms with E-state index in [1.807, 2.05) is 33.9 Å². The van der Waals surface area contributed by atoms with Crippen molar-refractivity contribution in [1.82, 2.24) is 9.78 Å². The number of hydrogen-bond donors (Lipinski definition) is 0. The highest BCUT2D eigenvalue weighted by Gasteiger charge is 2.04. The Morgan fingerprint density at radius 2 is 1.65 bits per heavy atom. The summed E-state index contributed by atoms with van der Waals surface area (Å²) < 4.78 is 2.05. The molecule has 0 unspecified atom stereocenters. The van der Waals surface area contributed by atoms with Gasteiger partial charge in [0.2, 0.25) is 0 Å². The minimum atomic E-state index is 0.431. The molecule has 0 atom stereocenters. The molecule has 2 nitrogen and oxygen atoms in total. The topological polar surface area (TPSA) is 17.8 Å². The van der Waals surface area contributed by atoms with E-state index in [0.717, 1.165) is 0 Å². The monoisotopic (exact) mass is 234 g/mol. The molecule has 0 aliphatic carbocycles. The van der Waals surface area contributed by atoms with E-state index in [0.29, 0.717) is 6.04 Å². The molecule has 0 saturated carbocycles. The third kappa shape index (κ3) is 3.88. The van der Waals surface area contributed by atoms with Gasteiger partial charge in [-0.15, -0.1) is 0 Å². The first-order valence-electron chi connectivity index (χ1n) is 6.62. The summed E-state index contributed by atoms with van der Waals surface area (Å²) in [6.45, 7) is 14.4. The van der Waals surface area contributed by atoms with E-state index in [1.165, 1.54) is 16.5 Å². The molecule has 1 aromatic heterocycles. The second-order valence-corrected chi connectivity index (χ2v) is 3.75. The lowest BCUT2D eigenvalue weighted by Gasteiger charge is -2.06. The van der Waals surface area contributed by atoms with E-state index in [1.54, 1.807) is 0 Å². The lowest BCUT2D eigenvalue weighted by atomic mass is 10.2. The van der Waals surface area contributed by atoms with Crippen LogP contribution in [-0.2, 0) is 0 Å². The third-order valence-corrected chi connectivity index (χ3v) is 2.24. The standard InChI is InChI=1S/C11H14N2.2C2H6/c1-8(2)13-11-5-4-9(3)6-10(11)7-12-13;2*1-2/h4-8H,1-3H3;2*1-2H3. The molecule has 0 radical (unpaired) electrons. The van der Waals surface area contributed by atoms with Gasteiger partial charge in [0.25, 0.3) is 0 Å². The molecule has 0 fully saturated rings. The Balaban J connectivity index is 0.000000581. The van der Waals surface area contributed by atoms with Gasteiger partial charge in [-0.05, 0) is 32.9 Å². The van der Waals surface area contributed by atoms with Gasteiger partial charge >= 0.3 is 0 Å². The molecule has 0 aliphatic heterocycles. The highest BCUT2D eigenvalue weighted by molar-refractivity contribution is 5.79. The van der Waals surface area contributed by atoms with Crippen LogP contribution in [0.3, 0.4) is 0 Å². The predicted molar refractivity (Wildman–Crippen MR) is 77.6 cm³/mol. The fourth-order valence-electron chi connectivity index (χ4n) is 1.58. The number of benzene rings is 1. The zero-order valence-corrected chi connectivity index (χ0v) is 12.3. The summed E-state index contributed by atoms with van der Waals surface area (Å²) in [6.07, 6.45) is 1.93. The van der Waals surface area contributed by atoms with Crippen LogP contribution in [0.5, 0.6) is 0 Å². The number of nitrogens with zero attached hydrogens (tertiary/aromatic N) is 2. The molecule has 2 rings (SSSR count). The first-order valence-corrected chi connectivity index (χ1v) is 6.62. The van der Waals surface area contributed by atoms with Gasteiger partial charge in [0.1, 0.15) is 0 Å². The molecular weight excluding hydrogens is 208 g/mol. The van der Waals surface area contributed by atoms with Crippen LogP contribution in [-0.4, -0.2) is 9.78 Å². The minimum Gasteiger partial charge on any atom is -0.262 e. The molecule has 2 aromatic rings. The van der Waals surface area contributed by atoms with Crippen molar-refractivity contribution in [3.63, 3.8) is 0 Å². The van der Waals surface area contributed by atoms with E-state index < -0.39 is 0 Å². The van der Waals surface area contributed by atoms with E-state index in [-0.39, 0.29) is 0 Å². The Morgan fingerprint density at radius 1 is 1.06 bits per heavy atom. The van der Waals surface area contributed by atoms with Gasteiger partial charge in [0.05, 0.1) is 11.7 Å². The number of hydrogen-bond acceptors (Lipinski definition) is 1. The van der Waals surface area contributed by atoms with Crippen LogP contribution in [0, 0.1) is 6.92 Å². The van der Waals surface area contributed by atoms with E-state index in [4.69, 9.17) is 0 Å². The maximum atomic E-state index is 4.35. The average molecular weight is 234 g/mol. The molecule has 2 heteroatoms. The van der Waals surface area contributed by atoms with E-state index in [2.05, 4.69) is 48.8 Å². The van der Waals surface area contributed by atoms with Crippen LogP contribution in [0.15, 0.2) is 24.4 Å².